The maximum absolute atomic E-state index is 11.6. The van der Waals surface area contributed by atoms with Gasteiger partial charge in [-0.2, -0.15) is 0 Å². The second kappa shape index (κ2) is 4.75. The molecule has 0 aromatic rings. The molecule has 0 amide bonds. The molecule has 1 aliphatic heterocycles. The Balaban J connectivity index is 2.24. The van der Waals surface area contributed by atoms with Gasteiger partial charge in [0.25, 0.3) is 0 Å². The second-order valence-electron chi connectivity index (χ2n) is 4.70. The molecule has 2 atom stereocenters. The Kier molecular flexibility index (Phi) is 3.91. The van der Waals surface area contributed by atoms with E-state index in [9.17, 15) is 4.79 Å². The molecule has 1 heterocycles. The van der Waals surface area contributed by atoms with Crippen molar-refractivity contribution < 1.29 is 4.79 Å². The minimum Gasteiger partial charge on any atom is -0.307 e. The SMILES string of the molecule is CC(C)CCC(=O)C1C[C@H](C)CN1. The van der Waals surface area contributed by atoms with Gasteiger partial charge in [-0.3, -0.25) is 4.79 Å². The molecule has 0 spiro atoms. The molecule has 2 nitrogen and oxygen atoms in total. The topological polar surface area (TPSA) is 29.1 Å². The predicted molar refractivity (Wildman–Crippen MR) is 54.7 cm³/mol. The lowest BCUT2D eigenvalue weighted by Crippen LogP contribution is -2.30. The lowest BCUT2D eigenvalue weighted by atomic mass is 9.99. The number of carbonyl (C=O) groups excluding carboxylic acids is 1. The van der Waals surface area contributed by atoms with Crippen LogP contribution in [0, 0.1) is 11.8 Å². The van der Waals surface area contributed by atoms with Crippen LogP contribution >= 0.6 is 0 Å². The van der Waals surface area contributed by atoms with E-state index >= 15 is 0 Å². The summed E-state index contributed by atoms with van der Waals surface area (Å²) >= 11 is 0. The molecule has 0 aliphatic carbocycles. The molecule has 0 aromatic heterocycles. The van der Waals surface area contributed by atoms with Gasteiger partial charge in [0, 0.05) is 6.42 Å². The second-order valence-corrected chi connectivity index (χ2v) is 4.70. The van der Waals surface area contributed by atoms with Gasteiger partial charge in [0.05, 0.1) is 6.04 Å². The zero-order chi connectivity index (χ0) is 9.84. The fourth-order valence-electron chi connectivity index (χ4n) is 1.76. The van der Waals surface area contributed by atoms with E-state index in [1.165, 1.54) is 0 Å². The molecule has 1 unspecified atom stereocenters. The average molecular weight is 183 g/mol. The number of ketones is 1. The van der Waals surface area contributed by atoms with Crippen molar-refractivity contribution in [3.05, 3.63) is 0 Å². The molecule has 1 fully saturated rings. The molecule has 0 radical (unpaired) electrons. The van der Waals surface area contributed by atoms with Crippen LogP contribution in [-0.2, 0) is 4.79 Å². The quantitative estimate of drug-likeness (QED) is 0.722. The summed E-state index contributed by atoms with van der Waals surface area (Å²) in [6.45, 7) is 7.54. The first-order valence-electron chi connectivity index (χ1n) is 5.35. The molecule has 1 N–H and O–H groups in total. The molecule has 2 heteroatoms. The molecule has 1 aliphatic rings. The average Bonchev–Trinajstić information content (AvgIpc) is 2.47. The van der Waals surface area contributed by atoms with Crippen LogP contribution in [-0.4, -0.2) is 18.4 Å². The molecule has 0 saturated carbocycles. The smallest absolute Gasteiger partial charge is 0.149 e. The van der Waals surface area contributed by atoms with Gasteiger partial charge >= 0.3 is 0 Å². The minimum atomic E-state index is 0.161. The van der Waals surface area contributed by atoms with Gasteiger partial charge in [0.15, 0.2) is 0 Å². The van der Waals surface area contributed by atoms with Crippen molar-refractivity contribution in [2.75, 3.05) is 6.54 Å². The fourth-order valence-corrected chi connectivity index (χ4v) is 1.76. The normalized spacial score (nSPS) is 28.3. The third-order valence-electron chi connectivity index (χ3n) is 2.71. The number of Topliss-reactive ketones (excluding diaryl/α,β-unsaturated/α-hetero) is 1. The van der Waals surface area contributed by atoms with E-state index in [1.54, 1.807) is 0 Å². The van der Waals surface area contributed by atoms with Gasteiger partial charge in [-0.15, -0.1) is 0 Å². The highest BCUT2D eigenvalue weighted by Crippen LogP contribution is 2.16. The van der Waals surface area contributed by atoms with E-state index in [0.717, 1.165) is 25.8 Å². The van der Waals surface area contributed by atoms with E-state index in [-0.39, 0.29) is 6.04 Å². The zero-order valence-electron chi connectivity index (χ0n) is 8.97. The summed E-state index contributed by atoms with van der Waals surface area (Å²) in [5.74, 6) is 1.73. The van der Waals surface area contributed by atoms with Crippen molar-refractivity contribution in [1.82, 2.24) is 5.32 Å². The molecular weight excluding hydrogens is 162 g/mol. The third kappa shape index (κ3) is 3.47. The van der Waals surface area contributed by atoms with Gasteiger partial charge < -0.3 is 5.32 Å². The molecule has 1 rings (SSSR count). The summed E-state index contributed by atoms with van der Waals surface area (Å²) in [5, 5.41) is 3.28. The van der Waals surface area contributed by atoms with Crippen LogP contribution in [0.25, 0.3) is 0 Å². The maximum Gasteiger partial charge on any atom is 0.149 e. The van der Waals surface area contributed by atoms with Crippen molar-refractivity contribution in [1.29, 1.82) is 0 Å². The summed E-state index contributed by atoms with van der Waals surface area (Å²) in [4.78, 5) is 11.6. The van der Waals surface area contributed by atoms with Gasteiger partial charge in [0.1, 0.15) is 5.78 Å². The number of hydrogen-bond donors (Lipinski definition) is 1. The van der Waals surface area contributed by atoms with Crippen LogP contribution in [0.4, 0.5) is 0 Å². The highest BCUT2D eigenvalue weighted by molar-refractivity contribution is 5.84. The molecular formula is C11H21NO. The molecule has 0 bridgehead atoms. The van der Waals surface area contributed by atoms with Crippen LogP contribution in [0.15, 0.2) is 0 Å². The van der Waals surface area contributed by atoms with Crippen LogP contribution in [0.5, 0.6) is 0 Å². The summed E-state index contributed by atoms with van der Waals surface area (Å²) in [6, 6.07) is 0.161. The van der Waals surface area contributed by atoms with E-state index in [1.807, 2.05) is 0 Å². The first-order chi connectivity index (χ1) is 6.09. The van der Waals surface area contributed by atoms with Crippen molar-refractivity contribution in [3.63, 3.8) is 0 Å². The zero-order valence-corrected chi connectivity index (χ0v) is 8.97. The fraction of sp³-hybridized carbons (Fsp3) is 0.909. The predicted octanol–water partition coefficient (Wildman–Crippen LogP) is 1.99. The lowest BCUT2D eigenvalue weighted by molar-refractivity contribution is -0.121. The van der Waals surface area contributed by atoms with Crippen molar-refractivity contribution in [2.24, 2.45) is 11.8 Å². The summed E-state index contributed by atoms with van der Waals surface area (Å²) in [7, 11) is 0. The Morgan fingerprint density at radius 2 is 2.23 bits per heavy atom. The third-order valence-corrected chi connectivity index (χ3v) is 2.71. The first kappa shape index (κ1) is 10.7. The largest absolute Gasteiger partial charge is 0.307 e. The molecule has 0 aromatic carbocycles. The minimum absolute atomic E-state index is 0.161. The molecule has 76 valence electrons. The maximum atomic E-state index is 11.6. The molecule has 1 saturated heterocycles. The van der Waals surface area contributed by atoms with Gasteiger partial charge in [-0.05, 0) is 31.2 Å². The molecule has 13 heavy (non-hydrogen) atoms. The van der Waals surface area contributed by atoms with E-state index in [4.69, 9.17) is 0 Å². The standard InChI is InChI=1S/C11H21NO/c1-8(2)4-5-11(13)10-6-9(3)7-12-10/h8-10,12H,4-7H2,1-3H3/t9-,10?/m0/s1. The van der Waals surface area contributed by atoms with Crippen LogP contribution in [0.1, 0.15) is 40.0 Å². The Morgan fingerprint density at radius 1 is 1.54 bits per heavy atom. The summed E-state index contributed by atoms with van der Waals surface area (Å²) in [6.07, 6.45) is 2.82. The van der Waals surface area contributed by atoms with E-state index in [2.05, 4.69) is 26.1 Å². The van der Waals surface area contributed by atoms with Crippen LogP contribution in [0.2, 0.25) is 0 Å². The summed E-state index contributed by atoms with van der Waals surface area (Å²) in [5.41, 5.74) is 0. The Labute approximate surface area is 81.1 Å². The number of hydrogen-bond acceptors (Lipinski definition) is 2. The van der Waals surface area contributed by atoms with Gasteiger partial charge in [0.2, 0.25) is 0 Å². The van der Waals surface area contributed by atoms with Crippen molar-refractivity contribution in [3.8, 4) is 0 Å². The van der Waals surface area contributed by atoms with Gasteiger partial charge in [-0.1, -0.05) is 20.8 Å². The van der Waals surface area contributed by atoms with Crippen molar-refractivity contribution in [2.45, 2.75) is 46.1 Å². The Morgan fingerprint density at radius 3 is 2.69 bits per heavy atom. The first-order valence-corrected chi connectivity index (χ1v) is 5.35. The van der Waals surface area contributed by atoms with Gasteiger partial charge in [-0.25, -0.2) is 0 Å². The van der Waals surface area contributed by atoms with E-state index in [0.29, 0.717) is 17.6 Å². The van der Waals surface area contributed by atoms with Crippen LogP contribution in [0.3, 0.4) is 0 Å². The van der Waals surface area contributed by atoms with E-state index < -0.39 is 0 Å². The lowest BCUT2D eigenvalue weighted by Gasteiger charge is -2.09. The number of rotatable bonds is 4. The van der Waals surface area contributed by atoms with Crippen LogP contribution < -0.4 is 5.32 Å². The number of nitrogens with one attached hydrogen (secondary N) is 1. The number of carbonyl (C=O) groups is 1. The highest BCUT2D eigenvalue weighted by atomic mass is 16.1. The summed E-state index contributed by atoms with van der Waals surface area (Å²) < 4.78 is 0. The Hall–Kier alpha value is -0.370. The monoisotopic (exact) mass is 183 g/mol. The highest BCUT2D eigenvalue weighted by Gasteiger charge is 2.25. The Bertz CT molecular complexity index is 177. The van der Waals surface area contributed by atoms with Crippen molar-refractivity contribution >= 4 is 5.78 Å².